The summed E-state index contributed by atoms with van der Waals surface area (Å²) in [6.45, 7) is 0. The van der Waals surface area contributed by atoms with Gasteiger partial charge in [0.1, 0.15) is 12.1 Å². The second kappa shape index (κ2) is 5.73. The highest BCUT2D eigenvalue weighted by Gasteiger charge is 2.14. The van der Waals surface area contributed by atoms with Crippen LogP contribution in [0.25, 0.3) is 0 Å². The maximum atomic E-state index is 6.02. The molecule has 0 aliphatic heterocycles. The van der Waals surface area contributed by atoms with E-state index in [0.29, 0.717) is 10.8 Å². The Morgan fingerprint density at radius 3 is 2.72 bits per heavy atom. The maximum Gasteiger partial charge on any atom is 0.267 e. The minimum Gasteiger partial charge on any atom is -0.489 e. The van der Waals surface area contributed by atoms with Gasteiger partial charge < -0.3 is 9.47 Å². The van der Waals surface area contributed by atoms with Crippen LogP contribution in [0.1, 0.15) is 0 Å². The number of nitrogens with zero attached hydrogens (tertiary/aromatic N) is 2. The summed E-state index contributed by atoms with van der Waals surface area (Å²) in [6, 6.07) is 5.23. The minimum absolute atomic E-state index is 0.175. The number of halogens is 3. The molecule has 0 fully saturated rings. The number of ether oxygens (including phenoxy) is 2. The van der Waals surface area contributed by atoms with Crippen molar-refractivity contribution in [1.29, 1.82) is 0 Å². The van der Waals surface area contributed by atoms with Crippen LogP contribution < -0.4 is 9.47 Å². The Kier molecular flexibility index (Phi) is 4.27. The number of benzene rings is 1. The van der Waals surface area contributed by atoms with E-state index >= 15 is 0 Å². The highest BCUT2D eigenvalue weighted by atomic mass is 79.9. The largest absolute Gasteiger partial charge is 0.489 e. The van der Waals surface area contributed by atoms with E-state index < -0.39 is 0 Å². The minimum atomic E-state index is 0.175. The van der Waals surface area contributed by atoms with Gasteiger partial charge in [0.2, 0.25) is 5.75 Å². The smallest absolute Gasteiger partial charge is 0.267 e. The summed E-state index contributed by atoms with van der Waals surface area (Å²) in [7, 11) is 1.46. The van der Waals surface area contributed by atoms with Crippen LogP contribution in [0, 0.1) is 0 Å². The molecule has 4 nitrogen and oxygen atoms in total. The highest BCUT2D eigenvalue weighted by Crippen LogP contribution is 2.37. The average Bonchev–Trinajstić information content (AvgIpc) is 2.34. The Balaban J connectivity index is 2.40. The molecular formula is C11H7BrCl2N2O2. The lowest BCUT2D eigenvalue weighted by Crippen LogP contribution is -1.96. The summed E-state index contributed by atoms with van der Waals surface area (Å²) >= 11 is 15.2. The van der Waals surface area contributed by atoms with E-state index in [9.17, 15) is 0 Å². The predicted octanol–water partition coefficient (Wildman–Crippen LogP) is 4.35. The van der Waals surface area contributed by atoms with Crippen molar-refractivity contribution >= 4 is 39.1 Å². The first-order chi connectivity index (χ1) is 8.61. The van der Waals surface area contributed by atoms with Gasteiger partial charge in [-0.15, -0.1) is 0 Å². The zero-order chi connectivity index (χ0) is 13.1. The van der Waals surface area contributed by atoms with Gasteiger partial charge in [-0.2, -0.15) is 4.98 Å². The predicted molar refractivity (Wildman–Crippen MR) is 72.8 cm³/mol. The first kappa shape index (κ1) is 13.4. The Morgan fingerprint density at radius 2 is 2.00 bits per heavy atom. The lowest BCUT2D eigenvalue weighted by molar-refractivity contribution is 0.367. The van der Waals surface area contributed by atoms with Gasteiger partial charge in [-0.25, -0.2) is 4.98 Å². The number of rotatable bonds is 3. The van der Waals surface area contributed by atoms with E-state index in [4.69, 9.17) is 32.7 Å². The molecule has 0 spiro atoms. The molecule has 0 bridgehead atoms. The van der Waals surface area contributed by atoms with Gasteiger partial charge in [-0.05, 0) is 18.2 Å². The molecular weight excluding hydrogens is 343 g/mol. The van der Waals surface area contributed by atoms with E-state index in [1.165, 1.54) is 13.4 Å². The monoisotopic (exact) mass is 348 g/mol. The summed E-state index contributed by atoms with van der Waals surface area (Å²) < 4.78 is 11.5. The van der Waals surface area contributed by atoms with Crippen molar-refractivity contribution in [3.63, 3.8) is 0 Å². The Bertz CT molecular complexity index is 581. The van der Waals surface area contributed by atoms with Crippen molar-refractivity contribution in [1.82, 2.24) is 9.97 Å². The first-order valence-corrected chi connectivity index (χ1v) is 6.34. The van der Waals surface area contributed by atoms with Gasteiger partial charge in [0.15, 0.2) is 5.15 Å². The fourth-order valence-corrected chi connectivity index (χ4v) is 1.94. The van der Waals surface area contributed by atoms with Crippen LogP contribution in [0.4, 0.5) is 0 Å². The van der Waals surface area contributed by atoms with Crippen LogP contribution in [0.5, 0.6) is 17.4 Å². The van der Waals surface area contributed by atoms with Crippen molar-refractivity contribution in [2.75, 3.05) is 7.11 Å². The lowest BCUT2D eigenvalue weighted by Gasteiger charge is -2.10. The van der Waals surface area contributed by atoms with Crippen molar-refractivity contribution < 1.29 is 9.47 Å². The molecule has 0 saturated heterocycles. The molecule has 0 saturated carbocycles. The molecule has 1 heterocycles. The number of hydrogen-bond donors (Lipinski definition) is 0. The lowest BCUT2D eigenvalue weighted by atomic mass is 10.3. The molecule has 1 aromatic heterocycles. The third-order valence-corrected chi connectivity index (χ3v) is 3.11. The zero-order valence-electron chi connectivity index (χ0n) is 9.15. The summed E-state index contributed by atoms with van der Waals surface area (Å²) in [5.41, 5.74) is 0. The van der Waals surface area contributed by atoms with Gasteiger partial charge in [-0.3, -0.25) is 0 Å². The summed E-state index contributed by atoms with van der Waals surface area (Å²) in [5.74, 6) is 0.909. The average molecular weight is 350 g/mol. The summed E-state index contributed by atoms with van der Waals surface area (Å²) in [6.07, 6.45) is 1.28. The van der Waals surface area contributed by atoms with Crippen LogP contribution >= 0.6 is 39.1 Å². The highest BCUT2D eigenvalue weighted by molar-refractivity contribution is 9.10. The normalized spacial score (nSPS) is 10.2. The second-order valence-electron chi connectivity index (χ2n) is 3.18. The summed E-state index contributed by atoms with van der Waals surface area (Å²) in [5, 5.41) is 0.628. The van der Waals surface area contributed by atoms with E-state index in [-0.39, 0.29) is 16.8 Å². The van der Waals surface area contributed by atoms with Gasteiger partial charge in [0, 0.05) is 4.47 Å². The molecule has 2 aromatic rings. The van der Waals surface area contributed by atoms with Crippen molar-refractivity contribution in [3.8, 4) is 17.4 Å². The molecule has 0 atom stereocenters. The van der Waals surface area contributed by atoms with Gasteiger partial charge in [-0.1, -0.05) is 39.1 Å². The fraction of sp³-hybridized carbons (Fsp3) is 0.0909. The molecule has 0 N–H and O–H groups in total. The van der Waals surface area contributed by atoms with E-state index in [2.05, 4.69) is 25.9 Å². The molecule has 18 heavy (non-hydrogen) atoms. The quantitative estimate of drug-likeness (QED) is 0.773. The molecule has 0 unspecified atom stereocenters. The molecule has 7 heteroatoms. The maximum absolute atomic E-state index is 6.02. The number of methoxy groups -OCH3 is 1. The number of hydrogen-bond acceptors (Lipinski definition) is 4. The molecule has 0 amide bonds. The Morgan fingerprint density at radius 1 is 1.22 bits per heavy atom. The topological polar surface area (TPSA) is 44.2 Å². The Labute approximate surface area is 122 Å². The van der Waals surface area contributed by atoms with E-state index in [0.717, 1.165) is 4.47 Å². The molecule has 2 rings (SSSR count). The second-order valence-corrected chi connectivity index (χ2v) is 4.86. The molecule has 0 radical (unpaired) electrons. The van der Waals surface area contributed by atoms with Crippen LogP contribution in [0.3, 0.4) is 0 Å². The molecule has 1 aromatic carbocycles. The van der Waals surface area contributed by atoms with Gasteiger partial charge in [0.25, 0.3) is 5.88 Å². The van der Waals surface area contributed by atoms with Crippen LogP contribution in [-0.4, -0.2) is 17.1 Å². The van der Waals surface area contributed by atoms with E-state index in [1.54, 1.807) is 18.2 Å². The van der Waals surface area contributed by atoms with Gasteiger partial charge >= 0.3 is 0 Å². The molecule has 0 aliphatic rings. The fourth-order valence-electron chi connectivity index (χ4n) is 1.24. The summed E-state index contributed by atoms with van der Waals surface area (Å²) in [4.78, 5) is 7.76. The zero-order valence-corrected chi connectivity index (χ0v) is 12.3. The van der Waals surface area contributed by atoms with Crippen LogP contribution in [-0.2, 0) is 0 Å². The van der Waals surface area contributed by atoms with Crippen molar-refractivity contribution in [2.45, 2.75) is 0 Å². The van der Waals surface area contributed by atoms with Gasteiger partial charge in [0.05, 0.1) is 12.1 Å². The van der Waals surface area contributed by atoms with E-state index in [1.807, 2.05) is 0 Å². The molecule has 94 valence electrons. The third-order valence-electron chi connectivity index (χ3n) is 2.03. The first-order valence-electron chi connectivity index (χ1n) is 4.79. The van der Waals surface area contributed by atoms with Crippen molar-refractivity contribution in [2.24, 2.45) is 0 Å². The van der Waals surface area contributed by atoms with Crippen molar-refractivity contribution in [3.05, 3.63) is 39.2 Å². The SMILES string of the molecule is COc1c(Cl)ncnc1Oc1cc(Br)ccc1Cl. The van der Waals surface area contributed by atoms with Crippen LogP contribution in [0.2, 0.25) is 10.2 Å². The molecule has 0 aliphatic carbocycles. The number of aromatic nitrogens is 2. The van der Waals surface area contributed by atoms with Crippen LogP contribution in [0.15, 0.2) is 29.0 Å². The third kappa shape index (κ3) is 2.85. The standard InChI is InChI=1S/C11H7BrCl2N2O2/c1-17-9-10(14)15-5-16-11(9)18-8-4-6(12)2-3-7(8)13/h2-5H,1H3. The Hall–Kier alpha value is -1.04.